The van der Waals surface area contributed by atoms with E-state index in [1.54, 1.807) is 24.3 Å². The number of amides is 2. The third kappa shape index (κ3) is 2.58. The molecule has 2 amide bonds. The SMILES string of the molecule is O=C1COC(=O)N1[C@@H]1CCN(S(=O)(=O)c2cccc3ccccc23)C1. The predicted molar refractivity (Wildman–Crippen MR) is 89.3 cm³/mol. The summed E-state index contributed by atoms with van der Waals surface area (Å²) in [5.74, 6) is -0.417. The number of hydrogen-bond donors (Lipinski definition) is 0. The number of carbonyl (C=O) groups is 2. The van der Waals surface area contributed by atoms with Gasteiger partial charge in [0.2, 0.25) is 10.0 Å². The van der Waals surface area contributed by atoms with Crippen molar-refractivity contribution in [2.75, 3.05) is 19.7 Å². The summed E-state index contributed by atoms with van der Waals surface area (Å²) in [5.41, 5.74) is 0. The summed E-state index contributed by atoms with van der Waals surface area (Å²) in [6.45, 7) is 0.0745. The van der Waals surface area contributed by atoms with Crippen LogP contribution < -0.4 is 0 Å². The van der Waals surface area contributed by atoms with Gasteiger partial charge in [0, 0.05) is 18.5 Å². The van der Waals surface area contributed by atoms with Crippen LogP contribution in [0.15, 0.2) is 47.4 Å². The highest BCUT2D eigenvalue weighted by Crippen LogP contribution is 2.29. The van der Waals surface area contributed by atoms with Crippen LogP contribution in [-0.2, 0) is 19.6 Å². The fourth-order valence-electron chi connectivity index (χ4n) is 3.42. The summed E-state index contributed by atoms with van der Waals surface area (Å²) in [5, 5.41) is 1.50. The summed E-state index contributed by atoms with van der Waals surface area (Å²) in [6.07, 6.45) is -0.287. The number of nitrogens with zero attached hydrogens (tertiary/aromatic N) is 2. The molecule has 2 fully saturated rings. The largest absolute Gasteiger partial charge is 0.439 e. The molecule has 2 aliphatic heterocycles. The van der Waals surface area contributed by atoms with Crippen LogP contribution in [-0.4, -0.2) is 55.4 Å². The topological polar surface area (TPSA) is 84.0 Å². The zero-order valence-corrected chi connectivity index (χ0v) is 14.1. The van der Waals surface area contributed by atoms with Gasteiger partial charge in [0.1, 0.15) is 0 Å². The van der Waals surface area contributed by atoms with Gasteiger partial charge in [-0.2, -0.15) is 4.31 Å². The standard InChI is InChI=1S/C17H16N2O5S/c20-16-11-24-17(21)19(16)13-8-9-18(10-13)25(22,23)15-7-3-5-12-4-1-2-6-14(12)15/h1-7,13H,8-11H2/t13-/m1/s1. The lowest BCUT2D eigenvalue weighted by molar-refractivity contribution is -0.127. The first-order chi connectivity index (χ1) is 12.0. The second kappa shape index (κ2) is 5.82. The Bertz CT molecular complexity index is 951. The van der Waals surface area contributed by atoms with Crippen molar-refractivity contribution in [3.05, 3.63) is 42.5 Å². The van der Waals surface area contributed by atoms with Crippen LogP contribution in [0.25, 0.3) is 10.8 Å². The van der Waals surface area contributed by atoms with E-state index >= 15 is 0 Å². The van der Waals surface area contributed by atoms with Crippen molar-refractivity contribution in [2.45, 2.75) is 17.4 Å². The Balaban J connectivity index is 1.65. The zero-order chi connectivity index (χ0) is 17.6. The highest BCUT2D eigenvalue weighted by Gasteiger charge is 2.43. The van der Waals surface area contributed by atoms with Gasteiger partial charge in [-0.1, -0.05) is 36.4 Å². The van der Waals surface area contributed by atoms with Crippen molar-refractivity contribution < 1.29 is 22.7 Å². The number of ether oxygens (including phenoxy) is 1. The third-order valence-electron chi connectivity index (χ3n) is 4.64. The smallest absolute Gasteiger partial charge is 0.417 e. The van der Waals surface area contributed by atoms with Crippen LogP contribution in [0.1, 0.15) is 6.42 Å². The molecule has 130 valence electrons. The monoisotopic (exact) mass is 360 g/mol. The molecular formula is C17H16N2O5S. The Morgan fingerprint density at radius 3 is 2.56 bits per heavy atom. The first-order valence-corrected chi connectivity index (χ1v) is 9.39. The van der Waals surface area contributed by atoms with Crippen molar-refractivity contribution >= 4 is 32.8 Å². The number of rotatable bonds is 3. The van der Waals surface area contributed by atoms with E-state index in [0.717, 1.165) is 10.3 Å². The van der Waals surface area contributed by atoms with E-state index in [2.05, 4.69) is 0 Å². The van der Waals surface area contributed by atoms with E-state index in [9.17, 15) is 18.0 Å². The highest BCUT2D eigenvalue weighted by atomic mass is 32.2. The molecule has 25 heavy (non-hydrogen) atoms. The van der Waals surface area contributed by atoms with Gasteiger partial charge >= 0.3 is 6.09 Å². The van der Waals surface area contributed by atoms with Gasteiger partial charge in [-0.15, -0.1) is 0 Å². The molecule has 0 unspecified atom stereocenters. The van der Waals surface area contributed by atoms with Crippen molar-refractivity contribution in [2.24, 2.45) is 0 Å². The molecular weight excluding hydrogens is 344 g/mol. The predicted octanol–water partition coefficient (Wildman–Crippen LogP) is 1.58. The summed E-state index contributed by atoms with van der Waals surface area (Å²) < 4.78 is 32.2. The minimum atomic E-state index is -3.72. The Morgan fingerprint density at radius 1 is 1.04 bits per heavy atom. The van der Waals surface area contributed by atoms with Gasteiger partial charge in [-0.05, 0) is 17.9 Å². The molecule has 4 rings (SSSR count). The zero-order valence-electron chi connectivity index (χ0n) is 13.3. The molecule has 1 atom stereocenters. The van der Waals surface area contributed by atoms with Crippen LogP contribution in [0.5, 0.6) is 0 Å². The number of benzene rings is 2. The third-order valence-corrected chi connectivity index (χ3v) is 6.57. The Morgan fingerprint density at radius 2 is 1.80 bits per heavy atom. The van der Waals surface area contributed by atoms with Crippen LogP contribution in [0.3, 0.4) is 0 Å². The van der Waals surface area contributed by atoms with Gasteiger partial charge in [-0.3, -0.25) is 4.79 Å². The summed E-state index contributed by atoms with van der Waals surface area (Å²) >= 11 is 0. The molecule has 0 radical (unpaired) electrons. The quantitative estimate of drug-likeness (QED) is 0.830. The average molecular weight is 360 g/mol. The van der Waals surface area contributed by atoms with E-state index in [1.807, 2.05) is 18.2 Å². The molecule has 0 aliphatic carbocycles. The molecule has 0 spiro atoms. The normalized spacial score (nSPS) is 21.9. The van der Waals surface area contributed by atoms with E-state index in [-0.39, 0.29) is 24.6 Å². The van der Waals surface area contributed by atoms with Gasteiger partial charge in [-0.25, -0.2) is 18.1 Å². The minimum Gasteiger partial charge on any atom is -0.439 e. The molecule has 0 bridgehead atoms. The second-order valence-corrected chi connectivity index (χ2v) is 8.01. The molecule has 0 saturated carbocycles. The molecule has 2 aromatic carbocycles. The van der Waals surface area contributed by atoms with Gasteiger partial charge in [0.25, 0.3) is 5.91 Å². The maximum atomic E-state index is 13.1. The lowest BCUT2D eigenvalue weighted by Gasteiger charge is -2.21. The number of cyclic esters (lactones) is 1. The molecule has 7 nitrogen and oxygen atoms in total. The number of imide groups is 1. The Kier molecular flexibility index (Phi) is 3.73. The van der Waals surface area contributed by atoms with E-state index in [1.165, 1.54) is 4.31 Å². The van der Waals surface area contributed by atoms with E-state index in [0.29, 0.717) is 11.8 Å². The van der Waals surface area contributed by atoms with Crippen molar-refractivity contribution in [3.8, 4) is 0 Å². The molecule has 2 heterocycles. The molecule has 2 aliphatic rings. The first kappa shape index (κ1) is 16.0. The first-order valence-electron chi connectivity index (χ1n) is 7.95. The molecule has 0 aromatic heterocycles. The summed E-state index contributed by atoms with van der Waals surface area (Å²) in [7, 11) is -3.72. The second-order valence-electron chi connectivity index (χ2n) is 6.10. The van der Waals surface area contributed by atoms with Gasteiger partial charge < -0.3 is 4.74 Å². The highest BCUT2D eigenvalue weighted by molar-refractivity contribution is 7.89. The number of carbonyl (C=O) groups excluding carboxylic acids is 2. The van der Waals surface area contributed by atoms with Crippen LogP contribution >= 0.6 is 0 Å². The Hall–Kier alpha value is -2.45. The summed E-state index contributed by atoms with van der Waals surface area (Å²) in [6, 6.07) is 12.0. The Labute approximate surface area is 144 Å². The number of sulfonamides is 1. The van der Waals surface area contributed by atoms with Crippen LogP contribution in [0.4, 0.5) is 4.79 Å². The van der Waals surface area contributed by atoms with Crippen LogP contribution in [0, 0.1) is 0 Å². The fourth-order valence-corrected chi connectivity index (χ4v) is 5.12. The van der Waals surface area contributed by atoms with Crippen LogP contribution in [0.2, 0.25) is 0 Å². The van der Waals surface area contributed by atoms with Gasteiger partial charge in [0.15, 0.2) is 6.61 Å². The lowest BCUT2D eigenvalue weighted by atomic mass is 10.1. The number of fused-ring (bicyclic) bond motifs is 1. The summed E-state index contributed by atoms with van der Waals surface area (Å²) in [4.78, 5) is 24.8. The number of hydrogen-bond acceptors (Lipinski definition) is 5. The van der Waals surface area contributed by atoms with Crippen molar-refractivity contribution in [1.82, 2.24) is 9.21 Å². The van der Waals surface area contributed by atoms with Crippen molar-refractivity contribution in [1.29, 1.82) is 0 Å². The van der Waals surface area contributed by atoms with E-state index < -0.39 is 28.1 Å². The minimum absolute atomic E-state index is 0.0897. The lowest BCUT2D eigenvalue weighted by Crippen LogP contribution is -2.42. The maximum Gasteiger partial charge on any atom is 0.417 e. The fraction of sp³-hybridized carbons (Fsp3) is 0.294. The average Bonchev–Trinajstić information content (AvgIpc) is 3.21. The molecule has 2 aromatic rings. The molecule has 8 heteroatoms. The maximum absolute atomic E-state index is 13.1. The molecule has 2 saturated heterocycles. The van der Waals surface area contributed by atoms with Gasteiger partial charge in [0.05, 0.1) is 10.9 Å². The van der Waals surface area contributed by atoms with Crippen molar-refractivity contribution in [3.63, 3.8) is 0 Å². The molecule has 0 N–H and O–H groups in total. The van der Waals surface area contributed by atoms with E-state index in [4.69, 9.17) is 4.74 Å².